The Bertz CT molecular complexity index is 310. The van der Waals surface area contributed by atoms with E-state index in [0.717, 1.165) is 25.1 Å². The van der Waals surface area contributed by atoms with Gasteiger partial charge in [0.15, 0.2) is 0 Å². The molecule has 0 bridgehead atoms. The molecule has 0 atom stereocenters. The molecule has 0 spiro atoms. The molecule has 4 nitrogen and oxygen atoms in total. The van der Waals surface area contributed by atoms with Crippen molar-refractivity contribution in [1.29, 1.82) is 0 Å². The van der Waals surface area contributed by atoms with E-state index in [0.29, 0.717) is 11.9 Å². The number of hydrogen-bond acceptors (Lipinski definition) is 4. The predicted molar refractivity (Wildman–Crippen MR) is 54.0 cm³/mol. The van der Waals surface area contributed by atoms with Crippen LogP contribution in [0.25, 0.3) is 0 Å². The normalized spacial score (nSPS) is 25.6. The number of hydrogen-bond donors (Lipinski definition) is 2. The maximum absolute atomic E-state index is 9.10. The Hall–Kier alpha value is -1.16. The summed E-state index contributed by atoms with van der Waals surface area (Å²) in [5.41, 5.74) is 0.969. The van der Waals surface area contributed by atoms with Gasteiger partial charge in [-0.1, -0.05) is 0 Å². The smallest absolute Gasteiger partial charge is 0.222 e. The first-order chi connectivity index (χ1) is 6.74. The summed E-state index contributed by atoms with van der Waals surface area (Å²) in [5.74, 6) is 1.26. The lowest BCUT2D eigenvalue weighted by molar-refractivity contribution is 0.0486. The Labute approximate surface area is 83.4 Å². The highest BCUT2D eigenvalue weighted by Crippen LogP contribution is 2.26. The Balaban J connectivity index is 1.80. The van der Waals surface area contributed by atoms with Crippen molar-refractivity contribution in [1.82, 2.24) is 9.97 Å². The van der Waals surface area contributed by atoms with Gasteiger partial charge in [-0.05, 0) is 31.7 Å². The first-order valence-electron chi connectivity index (χ1n) is 4.95. The van der Waals surface area contributed by atoms with E-state index in [4.69, 9.17) is 5.11 Å². The third-order valence-corrected chi connectivity index (χ3v) is 2.55. The number of nitrogens with zero attached hydrogens (tertiary/aromatic N) is 2. The fraction of sp³-hybridized carbons (Fsp3) is 0.600. The Kier molecular flexibility index (Phi) is 2.63. The van der Waals surface area contributed by atoms with Crippen LogP contribution in [0.2, 0.25) is 0 Å². The second kappa shape index (κ2) is 3.92. The van der Waals surface area contributed by atoms with Crippen LogP contribution in [0.15, 0.2) is 12.3 Å². The predicted octanol–water partition coefficient (Wildman–Crippen LogP) is 0.968. The number of aromatic nitrogens is 2. The van der Waals surface area contributed by atoms with E-state index in [1.54, 1.807) is 6.20 Å². The quantitative estimate of drug-likeness (QED) is 0.751. The standard InChI is InChI=1S/C10H15N3O/c1-7-2-3-11-10(13-7)12-6-8-4-9(14)5-8/h2-3,8-9,14H,4-6H2,1H3,(H,11,12,13). The maximum Gasteiger partial charge on any atom is 0.222 e. The van der Waals surface area contributed by atoms with Gasteiger partial charge in [0, 0.05) is 18.4 Å². The molecule has 4 heteroatoms. The molecule has 0 unspecified atom stereocenters. The van der Waals surface area contributed by atoms with Gasteiger partial charge in [0.05, 0.1) is 6.10 Å². The molecule has 1 aliphatic carbocycles. The number of anilines is 1. The molecule has 1 aromatic heterocycles. The molecule has 0 saturated heterocycles. The average molecular weight is 193 g/mol. The topological polar surface area (TPSA) is 58.0 Å². The zero-order chi connectivity index (χ0) is 9.97. The summed E-state index contributed by atoms with van der Waals surface area (Å²) in [6.45, 7) is 2.81. The zero-order valence-corrected chi connectivity index (χ0v) is 8.27. The van der Waals surface area contributed by atoms with Crippen molar-refractivity contribution in [3.63, 3.8) is 0 Å². The Morgan fingerprint density at radius 3 is 3.00 bits per heavy atom. The molecule has 14 heavy (non-hydrogen) atoms. The SMILES string of the molecule is Cc1ccnc(NCC2CC(O)C2)n1. The van der Waals surface area contributed by atoms with E-state index in [-0.39, 0.29) is 6.10 Å². The molecule has 2 rings (SSSR count). The average Bonchev–Trinajstić information content (AvgIpc) is 2.11. The summed E-state index contributed by atoms with van der Waals surface area (Å²) in [6.07, 6.45) is 3.47. The van der Waals surface area contributed by atoms with Crippen molar-refractivity contribution >= 4 is 5.95 Å². The fourth-order valence-electron chi connectivity index (χ4n) is 1.64. The van der Waals surface area contributed by atoms with Crippen molar-refractivity contribution in [3.05, 3.63) is 18.0 Å². The lowest BCUT2D eigenvalue weighted by atomic mass is 9.82. The van der Waals surface area contributed by atoms with Crippen LogP contribution in [-0.4, -0.2) is 27.7 Å². The molecule has 1 aromatic rings. The number of aliphatic hydroxyl groups excluding tert-OH is 1. The summed E-state index contributed by atoms with van der Waals surface area (Å²) in [5, 5.41) is 12.3. The summed E-state index contributed by atoms with van der Waals surface area (Å²) in [6, 6.07) is 1.87. The van der Waals surface area contributed by atoms with E-state index in [2.05, 4.69) is 15.3 Å². The van der Waals surface area contributed by atoms with Crippen LogP contribution in [0.1, 0.15) is 18.5 Å². The van der Waals surface area contributed by atoms with Crippen LogP contribution in [0.4, 0.5) is 5.95 Å². The van der Waals surface area contributed by atoms with Gasteiger partial charge in [-0.15, -0.1) is 0 Å². The molecular formula is C10H15N3O. The van der Waals surface area contributed by atoms with Gasteiger partial charge >= 0.3 is 0 Å². The highest BCUT2D eigenvalue weighted by atomic mass is 16.3. The molecule has 0 radical (unpaired) electrons. The molecule has 0 aliphatic heterocycles. The molecule has 0 aromatic carbocycles. The van der Waals surface area contributed by atoms with Gasteiger partial charge in [-0.3, -0.25) is 0 Å². The minimum atomic E-state index is -0.0831. The van der Waals surface area contributed by atoms with Gasteiger partial charge in [0.1, 0.15) is 0 Å². The van der Waals surface area contributed by atoms with Crippen LogP contribution >= 0.6 is 0 Å². The van der Waals surface area contributed by atoms with Crippen LogP contribution in [0.5, 0.6) is 0 Å². The molecular weight excluding hydrogens is 178 g/mol. The number of aryl methyl sites for hydroxylation is 1. The third kappa shape index (κ3) is 2.20. The first-order valence-corrected chi connectivity index (χ1v) is 4.95. The van der Waals surface area contributed by atoms with Gasteiger partial charge in [-0.2, -0.15) is 0 Å². The molecule has 1 fully saturated rings. The zero-order valence-electron chi connectivity index (χ0n) is 8.27. The van der Waals surface area contributed by atoms with Crippen molar-refractivity contribution < 1.29 is 5.11 Å². The molecule has 1 saturated carbocycles. The summed E-state index contributed by atoms with van der Waals surface area (Å²) in [7, 11) is 0. The fourth-order valence-corrected chi connectivity index (χ4v) is 1.64. The van der Waals surface area contributed by atoms with Gasteiger partial charge in [-0.25, -0.2) is 9.97 Å². The Morgan fingerprint density at radius 2 is 2.36 bits per heavy atom. The van der Waals surface area contributed by atoms with Crippen LogP contribution in [0.3, 0.4) is 0 Å². The van der Waals surface area contributed by atoms with Crippen molar-refractivity contribution in [2.24, 2.45) is 5.92 Å². The molecule has 1 aliphatic rings. The van der Waals surface area contributed by atoms with E-state index < -0.39 is 0 Å². The first kappa shape index (κ1) is 9.40. The molecule has 2 N–H and O–H groups in total. The molecule has 76 valence electrons. The van der Waals surface area contributed by atoms with Crippen LogP contribution in [-0.2, 0) is 0 Å². The highest BCUT2D eigenvalue weighted by molar-refractivity contribution is 5.24. The van der Waals surface area contributed by atoms with E-state index >= 15 is 0 Å². The third-order valence-electron chi connectivity index (χ3n) is 2.55. The van der Waals surface area contributed by atoms with E-state index in [1.165, 1.54) is 0 Å². The Morgan fingerprint density at radius 1 is 1.57 bits per heavy atom. The maximum atomic E-state index is 9.10. The van der Waals surface area contributed by atoms with Crippen molar-refractivity contribution in [2.75, 3.05) is 11.9 Å². The van der Waals surface area contributed by atoms with Gasteiger partial charge < -0.3 is 10.4 Å². The minimum Gasteiger partial charge on any atom is -0.393 e. The number of nitrogens with one attached hydrogen (secondary N) is 1. The summed E-state index contributed by atoms with van der Waals surface area (Å²) >= 11 is 0. The molecule has 0 amide bonds. The lowest BCUT2D eigenvalue weighted by Gasteiger charge is -2.31. The lowest BCUT2D eigenvalue weighted by Crippen LogP contribution is -2.33. The second-order valence-electron chi connectivity index (χ2n) is 3.89. The molecule has 1 heterocycles. The van der Waals surface area contributed by atoms with E-state index in [1.807, 2.05) is 13.0 Å². The largest absolute Gasteiger partial charge is 0.393 e. The number of rotatable bonds is 3. The highest BCUT2D eigenvalue weighted by Gasteiger charge is 2.26. The second-order valence-corrected chi connectivity index (χ2v) is 3.89. The van der Waals surface area contributed by atoms with Crippen molar-refractivity contribution in [2.45, 2.75) is 25.9 Å². The van der Waals surface area contributed by atoms with Crippen LogP contribution < -0.4 is 5.32 Å². The summed E-state index contributed by atoms with van der Waals surface area (Å²) in [4.78, 5) is 8.34. The monoisotopic (exact) mass is 193 g/mol. The van der Waals surface area contributed by atoms with Crippen LogP contribution in [0, 0.1) is 12.8 Å². The minimum absolute atomic E-state index is 0.0831. The van der Waals surface area contributed by atoms with Gasteiger partial charge in [0.25, 0.3) is 0 Å². The van der Waals surface area contributed by atoms with Gasteiger partial charge in [0.2, 0.25) is 5.95 Å². The summed E-state index contributed by atoms with van der Waals surface area (Å²) < 4.78 is 0. The number of aliphatic hydroxyl groups is 1. The van der Waals surface area contributed by atoms with Crippen molar-refractivity contribution in [3.8, 4) is 0 Å². The van der Waals surface area contributed by atoms with E-state index in [9.17, 15) is 0 Å².